The van der Waals surface area contributed by atoms with Gasteiger partial charge in [0.15, 0.2) is 0 Å². The fraction of sp³-hybridized carbons (Fsp3) is 0.975. The van der Waals surface area contributed by atoms with Gasteiger partial charge in [0, 0.05) is 13.0 Å². The van der Waals surface area contributed by atoms with E-state index in [4.69, 9.17) is 18.5 Å². The van der Waals surface area contributed by atoms with Gasteiger partial charge in [0.1, 0.15) is 19.3 Å². The number of carbonyl (C=O) groups excluding carboxylic acids is 1. The lowest BCUT2D eigenvalue weighted by molar-refractivity contribution is -0.870. The summed E-state index contributed by atoms with van der Waals surface area (Å²) in [5.74, 6) is -0.327. The number of ether oxygens (including phenoxy) is 2. The van der Waals surface area contributed by atoms with Crippen LogP contribution in [-0.4, -0.2) is 75.6 Å². The Balaban J connectivity index is 3.83. The molecule has 0 heterocycles. The van der Waals surface area contributed by atoms with Gasteiger partial charge in [-0.05, 0) is 12.8 Å². The highest BCUT2D eigenvalue weighted by atomic mass is 31.2. The van der Waals surface area contributed by atoms with Gasteiger partial charge in [-0.15, -0.1) is 0 Å². The Bertz CT molecular complexity index is 761. The molecule has 0 amide bonds. The molecule has 294 valence electrons. The van der Waals surface area contributed by atoms with Crippen LogP contribution in [0.3, 0.4) is 0 Å². The van der Waals surface area contributed by atoms with Crippen molar-refractivity contribution in [1.82, 2.24) is 0 Å². The second-order valence-corrected chi connectivity index (χ2v) is 16.8. The van der Waals surface area contributed by atoms with E-state index in [9.17, 15) is 14.3 Å². The molecule has 0 aromatic carbocycles. The van der Waals surface area contributed by atoms with Crippen LogP contribution in [0.4, 0.5) is 0 Å². The third-order valence-electron chi connectivity index (χ3n) is 9.17. The van der Waals surface area contributed by atoms with Crippen molar-refractivity contribution >= 4 is 13.8 Å². The average molecular weight is 721 g/mol. The number of hydrogen-bond acceptors (Lipinski definition) is 6. The molecule has 0 aliphatic rings. The first-order chi connectivity index (χ1) is 23.6. The highest BCUT2D eigenvalue weighted by Crippen LogP contribution is 2.43. The number of likely N-dealkylation sites (N-methyl/N-ethyl adjacent to an activating group) is 1. The van der Waals surface area contributed by atoms with Crippen LogP contribution in [-0.2, 0) is 27.9 Å². The Morgan fingerprint density at radius 1 is 0.551 bits per heavy atom. The van der Waals surface area contributed by atoms with Gasteiger partial charge in [0.25, 0.3) is 0 Å². The molecular formula is C40H83NO7P+. The summed E-state index contributed by atoms with van der Waals surface area (Å²) < 4.78 is 34.6. The Labute approximate surface area is 304 Å². The second kappa shape index (κ2) is 34.6. The van der Waals surface area contributed by atoms with Crippen LogP contribution in [0.1, 0.15) is 194 Å². The Hall–Kier alpha value is -0.500. The van der Waals surface area contributed by atoms with E-state index in [1.165, 1.54) is 135 Å². The predicted octanol–water partition coefficient (Wildman–Crippen LogP) is 11.7. The van der Waals surface area contributed by atoms with Gasteiger partial charge in [-0.25, -0.2) is 4.57 Å². The summed E-state index contributed by atoms with van der Waals surface area (Å²) in [6.45, 7) is 5.54. The SMILES string of the molecule is CCCCCCCCCCCCCCCCCCCCCCCCCOCC(COP(=O)(O)OCC[N+](C)(C)C)OC(=O)CCCCCC. The number of phosphoric ester groups is 1. The summed E-state index contributed by atoms with van der Waals surface area (Å²) in [6.07, 6.45) is 34.9. The van der Waals surface area contributed by atoms with Crippen molar-refractivity contribution in [2.75, 3.05) is 54.1 Å². The van der Waals surface area contributed by atoms with Crippen LogP contribution < -0.4 is 0 Å². The quantitative estimate of drug-likeness (QED) is 0.0292. The third-order valence-corrected chi connectivity index (χ3v) is 10.2. The first kappa shape index (κ1) is 48.5. The molecule has 0 saturated carbocycles. The summed E-state index contributed by atoms with van der Waals surface area (Å²) >= 11 is 0. The van der Waals surface area contributed by atoms with Crippen molar-refractivity contribution in [2.24, 2.45) is 0 Å². The van der Waals surface area contributed by atoms with E-state index in [1.54, 1.807) is 0 Å². The summed E-state index contributed by atoms with van der Waals surface area (Å²) in [5, 5.41) is 0. The van der Waals surface area contributed by atoms with Crippen molar-refractivity contribution in [1.29, 1.82) is 0 Å². The normalized spacial score (nSPS) is 13.8. The molecule has 49 heavy (non-hydrogen) atoms. The summed E-state index contributed by atoms with van der Waals surface area (Å²) in [6, 6.07) is 0. The summed E-state index contributed by atoms with van der Waals surface area (Å²) in [5.41, 5.74) is 0. The fourth-order valence-electron chi connectivity index (χ4n) is 5.91. The zero-order valence-corrected chi connectivity index (χ0v) is 34.1. The lowest BCUT2D eigenvalue weighted by Gasteiger charge is -2.24. The topological polar surface area (TPSA) is 91.3 Å². The van der Waals surface area contributed by atoms with Crippen LogP contribution in [0.25, 0.3) is 0 Å². The first-order valence-electron chi connectivity index (χ1n) is 20.8. The molecule has 0 aromatic heterocycles. The fourth-order valence-corrected chi connectivity index (χ4v) is 6.65. The van der Waals surface area contributed by atoms with E-state index in [0.29, 0.717) is 24.1 Å². The standard InChI is InChI=1S/C40H82NO7P/c1-6-8-10-12-13-14-15-16-17-18-19-20-21-22-23-24-25-26-27-28-29-30-32-35-45-37-39(48-40(42)33-31-11-9-7-2)38-47-49(43,44)46-36-34-41(3,4)5/h39H,6-38H2,1-5H3/p+1. The van der Waals surface area contributed by atoms with Gasteiger partial charge in [-0.3, -0.25) is 13.8 Å². The van der Waals surface area contributed by atoms with Crippen LogP contribution >= 0.6 is 7.82 Å². The molecule has 8 nitrogen and oxygen atoms in total. The number of phosphoric acid groups is 1. The zero-order valence-electron chi connectivity index (χ0n) is 33.2. The summed E-state index contributed by atoms with van der Waals surface area (Å²) in [7, 11) is 1.68. The van der Waals surface area contributed by atoms with Crippen molar-refractivity contribution in [3.8, 4) is 0 Å². The smallest absolute Gasteiger partial charge is 0.457 e. The van der Waals surface area contributed by atoms with Gasteiger partial charge in [0.2, 0.25) is 0 Å². The van der Waals surface area contributed by atoms with Gasteiger partial charge >= 0.3 is 13.8 Å². The highest BCUT2D eigenvalue weighted by molar-refractivity contribution is 7.47. The van der Waals surface area contributed by atoms with Gasteiger partial charge < -0.3 is 18.9 Å². The Morgan fingerprint density at radius 3 is 1.35 bits per heavy atom. The van der Waals surface area contributed by atoms with Crippen molar-refractivity contribution in [3.63, 3.8) is 0 Å². The molecule has 0 rings (SSSR count). The molecule has 0 bridgehead atoms. The number of rotatable bonds is 39. The minimum Gasteiger partial charge on any atom is -0.457 e. The molecule has 1 N–H and O–H groups in total. The van der Waals surface area contributed by atoms with E-state index >= 15 is 0 Å². The molecule has 9 heteroatoms. The molecule has 0 spiro atoms. The predicted molar refractivity (Wildman–Crippen MR) is 206 cm³/mol. The zero-order chi connectivity index (χ0) is 36.3. The Morgan fingerprint density at radius 2 is 0.939 bits per heavy atom. The number of esters is 1. The maximum Gasteiger partial charge on any atom is 0.472 e. The molecule has 0 aliphatic carbocycles. The number of carbonyl (C=O) groups is 1. The van der Waals surface area contributed by atoms with E-state index < -0.39 is 13.9 Å². The number of quaternary nitrogens is 1. The van der Waals surface area contributed by atoms with E-state index in [2.05, 4.69) is 13.8 Å². The Kier molecular flexibility index (Phi) is 34.2. The molecule has 0 aromatic rings. The van der Waals surface area contributed by atoms with Crippen molar-refractivity contribution in [2.45, 2.75) is 200 Å². The molecule has 2 atom stereocenters. The maximum atomic E-state index is 12.4. The van der Waals surface area contributed by atoms with E-state index in [1.807, 2.05) is 21.1 Å². The molecule has 2 unspecified atom stereocenters. The van der Waals surface area contributed by atoms with Gasteiger partial charge in [-0.2, -0.15) is 0 Å². The minimum atomic E-state index is -4.25. The lowest BCUT2D eigenvalue weighted by Crippen LogP contribution is -2.37. The monoisotopic (exact) mass is 721 g/mol. The first-order valence-corrected chi connectivity index (χ1v) is 22.3. The largest absolute Gasteiger partial charge is 0.472 e. The van der Waals surface area contributed by atoms with Crippen LogP contribution in [0, 0.1) is 0 Å². The number of nitrogens with zero attached hydrogens (tertiary/aromatic N) is 1. The average Bonchev–Trinajstić information content (AvgIpc) is 3.04. The number of hydrogen-bond donors (Lipinski definition) is 1. The number of unbranched alkanes of at least 4 members (excludes halogenated alkanes) is 25. The van der Waals surface area contributed by atoms with Crippen LogP contribution in [0.5, 0.6) is 0 Å². The molecular weight excluding hydrogens is 637 g/mol. The highest BCUT2D eigenvalue weighted by Gasteiger charge is 2.26. The van der Waals surface area contributed by atoms with Crippen molar-refractivity contribution < 1.29 is 37.3 Å². The van der Waals surface area contributed by atoms with E-state index in [0.717, 1.165) is 38.5 Å². The molecule has 0 saturated heterocycles. The molecule has 0 aliphatic heterocycles. The minimum absolute atomic E-state index is 0.0925. The van der Waals surface area contributed by atoms with Gasteiger partial charge in [0.05, 0.1) is 34.4 Å². The lowest BCUT2D eigenvalue weighted by atomic mass is 10.0. The molecule has 0 radical (unpaired) electrons. The van der Waals surface area contributed by atoms with Gasteiger partial charge in [-0.1, -0.05) is 174 Å². The summed E-state index contributed by atoms with van der Waals surface area (Å²) in [4.78, 5) is 22.5. The maximum absolute atomic E-state index is 12.4. The van der Waals surface area contributed by atoms with Crippen molar-refractivity contribution in [3.05, 3.63) is 0 Å². The second-order valence-electron chi connectivity index (χ2n) is 15.4. The van der Waals surface area contributed by atoms with E-state index in [-0.39, 0.29) is 25.8 Å². The third kappa shape index (κ3) is 38.6. The molecule has 0 fully saturated rings. The van der Waals surface area contributed by atoms with Crippen LogP contribution in [0.15, 0.2) is 0 Å². The van der Waals surface area contributed by atoms with Crippen LogP contribution in [0.2, 0.25) is 0 Å².